The van der Waals surface area contributed by atoms with Crippen LogP contribution in [0.1, 0.15) is 24.7 Å². The Morgan fingerprint density at radius 2 is 1.95 bits per heavy atom. The van der Waals surface area contributed by atoms with Gasteiger partial charge in [-0.25, -0.2) is 14.6 Å². The molecule has 0 amide bonds. The highest BCUT2D eigenvalue weighted by atomic mass is 15.3. The SMILES string of the molecule is CCCc1ncc2cnn(Cc3ccccc3)c2n1. The van der Waals surface area contributed by atoms with Crippen molar-refractivity contribution < 1.29 is 0 Å². The van der Waals surface area contributed by atoms with E-state index < -0.39 is 0 Å². The highest BCUT2D eigenvalue weighted by Gasteiger charge is 2.06. The molecule has 0 radical (unpaired) electrons. The molecule has 0 bridgehead atoms. The van der Waals surface area contributed by atoms with Crippen LogP contribution < -0.4 is 0 Å². The summed E-state index contributed by atoms with van der Waals surface area (Å²) in [6.07, 6.45) is 5.65. The predicted molar refractivity (Wildman–Crippen MR) is 74.9 cm³/mol. The van der Waals surface area contributed by atoms with Crippen molar-refractivity contribution >= 4 is 11.0 Å². The molecular weight excluding hydrogens is 236 g/mol. The van der Waals surface area contributed by atoms with Gasteiger partial charge in [-0.15, -0.1) is 0 Å². The van der Waals surface area contributed by atoms with Gasteiger partial charge in [0.15, 0.2) is 5.65 Å². The van der Waals surface area contributed by atoms with Crippen LogP contribution in [0.5, 0.6) is 0 Å². The smallest absolute Gasteiger partial charge is 0.161 e. The second-order valence-electron chi connectivity index (χ2n) is 4.60. The van der Waals surface area contributed by atoms with Crippen molar-refractivity contribution in [1.29, 1.82) is 0 Å². The predicted octanol–water partition coefficient (Wildman–Crippen LogP) is 2.83. The number of benzene rings is 1. The third-order valence-corrected chi connectivity index (χ3v) is 3.08. The van der Waals surface area contributed by atoms with Crippen molar-refractivity contribution in [2.45, 2.75) is 26.3 Å². The van der Waals surface area contributed by atoms with E-state index in [1.807, 2.05) is 35.3 Å². The molecule has 3 rings (SSSR count). The van der Waals surface area contributed by atoms with Crippen LogP contribution >= 0.6 is 0 Å². The monoisotopic (exact) mass is 252 g/mol. The molecule has 0 saturated heterocycles. The molecule has 19 heavy (non-hydrogen) atoms. The molecule has 0 atom stereocenters. The number of nitrogens with zero attached hydrogens (tertiary/aromatic N) is 4. The summed E-state index contributed by atoms with van der Waals surface area (Å²) in [5, 5.41) is 5.40. The molecule has 4 heteroatoms. The highest BCUT2D eigenvalue weighted by Crippen LogP contribution is 2.12. The lowest BCUT2D eigenvalue weighted by atomic mass is 10.2. The first-order chi connectivity index (χ1) is 9.36. The summed E-state index contributed by atoms with van der Waals surface area (Å²) in [6, 6.07) is 10.3. The molecule has 0 aliphatic carbocycles. The molecule has 2 heterocycles. The van der Waals surface area contributed by atoms with Gasteiger partial charge in [-0.1, -0.05) is 37.3 Å². The maximum Gasteiger partial charge on any atom is 0.161 e. The molecule has 0 N–H and O–H groups in total. The maximum atomic E-state index is 4.61. The molecule has 0 aliphatic rings. The minimum Gasteiger partial charge on any atom is -0.243 e. The lowest BCUT2D eigenvalue weighted by Gasteiger charge is -2.04. The minimum atomic E-state index is 0.743. The third kappa shape index (κ3) is 2.47. The molecule has 0 saturated carbocycles. The number of aromatic nitrogens is 4. The van der Waals surface area contributed by atoms with Crippen LogP contribution in [0.15, 0.2) is 42.7 Å². The summed E-state index contributed by atoms with van der Waals surface area (Å²) in [5.74, 6) is 0.893. The number of hydrogen-bond acceptors (Lipinski definition) is 3. The van der Waals surface area contributed by atoms with Gasteiger partial charge < -0.3 is 0 Å². The van der Waals surface area contributed by atoms with Gasteiger partial charge in [-0.3, -0.25) is 0 Å². The van der Waals surface area contributed by atoms with Gasteiger partial charge in [-0.05, 0) is 12.0 Å². The Bertz CT molecular complexity index is 673. The van der Waals surface area contributed by atoms with Crippen molar-refractivity contribution in [2.24, 2.45) is 0 Å². The van der Waals surface area contributed by atoms with E-state index in [1.165, 1.54) is 5.56 Å². The molecule has 0 spiro atoms. The zero-order chi connectivity index (χ0) is 13.1. The number of aryl methyl sites for hydroxylation is 1. The average Bonchev–Trinajstić information content (AvgIpc) is 2.83. The van der Waals surface area contributed by atoms with Crippen LogP contribution in [0.4, 0.5) is 0 Å². The number of rotatable bonds is 4. The van der Waals surface area contributed by atoms with Gasteiger partial charge in [0.2, 0.25) is 0 Å². The van der Waals surface area contributed by atoms with Crippen molar-refractivity contribution in [2.75, 3.05) is 0 Å². The van der Waals surface area contributed by atoms with Crippen molar-refractivity contribution in [3.05, 3.63) is 54.1 Å². The lowest BCUT2D eigenvalue weighted by molar-refractivity contribution is 0.699. The highest BCUT2D eigenvalue weighted by molar-refractivity contribution is 5.73. The zero-order valence-corrected chi connectivity index (χ0v) is 11.0. The molecule has 4 nitrogen and oxygen atoms in total. The molecule has 1 aromatic carbocycles. The Hall–Kier alpha value is -2.23. The van der Waals surface area contributed by atoms with E-state index in [0.29, 0.717) is 0 Å². The van der Waals surface area contributed by atoms with Gasteiger partial charge >= 0.3 is 0 Å². The zero-order valence-electron chi connectivity index (χ0n) is 11.0. The van der Waals surface area contributed by atoms with Crippen LogP contribution in [0.3, 0.4) is 0 Å². The Labute approximate surface area is 112 Å². The van der Waals surface area contributed by atoms with E-state index in [9.17, 15) is 0 Å². The molecule has 96 valence electrons. The Balaban J connectivity index is 1.97. The first kappa shape index (κ1) is 11.8. The number of hydrogen-bond donors (Lipinski definition) is 0. The lowest BCUT2D eigenvalue weighted by Crippen LogP contribution is -2.04. The number of fused-ring (bicyclic) bond motifs is 1. The van der Waals surface area contributed by atoms with E-state index in [0.717, 1.165) is 36.2 Å². The first-order valence-electron chi connectivity index (χ1n) is 6.58. The first-order valence-corrected chi connectivity index (χ1v) is 6.58. The van der Waals surface area contributed by atoms with Gasteiger partial charge in [-0.2, -0.15) is 5.10 Å². The molecule has 0 unspecified atom stereocenters. The van der Waals surface area contributed by atoms with Gasteiger partial charge in [0.25, 0.3) is 0 Å². The van der Waals surface area contributed by atoms with Crippen molar-refractivity contribution in [3.63, 3.8) is 0 Å². The third-order valence-electron chi connectivity index (χ3n) is 3.08. The maximum absolute atomic E-state index is 4.61. The summed E-state index contributed by atoms with van der Waals surface area (Å²) in [5.41, 5.74) is 2.14. The summed E-state index contributed by atoms with van der Waals surface area (Å²) in [4.78, 5) is 8.96. The van der Waals surface area contributed by atoms with E-state index in [-0.39, 0.29) is 0 Å². The molecule has 0 aliphatic heterocycles. The van der Waals surface area contributed by atoms with Gasteiger partial charge in [0, 0.05) is 12.6 Å². The molecule has 0 fully saturated rings. The summed E-state index contributed by atoms with van der Waals surface area (Å²) >= 11 is 0. The fourth-order valence-electron chi connectivity index (χ4n) is 2.12. The minimum absolute atomic E-state index is 0.743. The summed E-state index contributed by atoms with van der Waals surface area (Å²) in [6.45, 7) is 2.88. The van der Waals surface area contributed by atoms with Crippen LogP contribution in [0.25, 0.3) is 11.0 Å². The fourth-order valence-corrected chi connectivity index (χ4v) is 2.12. The van der Waals surface area contributed by atoms with Crippen molar-refractivity contribution in [1.82, 2.24) is 19.7 Å². The largest absolute Gasteiger partial charge is 0.243 e. The van der Waals surface area contributed by atoms with Crippen LogP contribution in [0, 0.1) is 0 Å². The standard InChI is InChI=1S/C15H16N4/c1-2-6-14-16-9-13-10-17-19(15(13)18-14)11-12-7-4-3-5-8-12/h3-5,7-10H,2,6,11H2,1H3. The average molecular weight is 252 g/mol. The van der Waals surface area contributed by atoms with Crippen LogP contribution in [0.2, 0.25) is 0 Å². The molecular formula is C15H16N4. The molecule has 2 aromatic heterocycles. The van der Waals surface area contributed by atoms with Crippen molar-refractivity contribution in [3.8, 4) is 0 Å². The second kappa shape index (κ2) is 5.18. The Morgan fingerprint density at radius 3 is 2.74 bits per heavy atom. The van der Waals surface area contributed by atoms with Gasteiger partial charge in [0.05, 0.1) is 18.1 Å². The second-order valence-corrected chi connectivity index (χ2v) is 4.60. The van der Waals surface area contributed by atoms with E-state index in [2.05, 4.69) is 34.1 Å². The Kier molecular flexibility index (Phi) is 3.23. The molecule has 3 aromatic rings. The summed E-state index contributed by atoms with van der Waals surface area (Å²) in [7, 11) is 0. The van der Waals surface area contributed by atoms with Crippen LogP contribution in [-0.2, 0) is 13.0 Å². The topological polar surface area (TPSA) is 43.6 Å². The quantitative estimate of drug-likeness (QED) is 0.717. The van der Waals surface area contributed by atoms with Gasteiger partial charge in [0.1, 0.15) is 5.82 Å². The Morgan fingerprint density at radius 1 is 1.11 bits per heavy atom. The fraction of sp³-hybridized carbons (Fsp3) is 0.267. The van der Waals surface area contributed by atoms with Crippen LogP contribution in [-0.4, -0.2) is 19.7 Å². The normalized spacial score (nSPS) is 11.0. The van der Waals surface area contributed by atoms with E-state index in [4.69, 9.17) is 0 Å². The summed E-state index contributed by atoms with van der Waals surface area (Å²) < 4.78 is 1.94. The van der Waals surface area contributed by atoms with E-state index >= 15 is 0 Å². The van der Waals surface area contributed by atoms with E-state index in [1.54, 1.807) is 0 Å².